The molecule has 0 bridgehead atoms. The fraction of sp³-hybridized carbons (Fsp3) is 0.300. The number of Topliss-reactive ketones (excluding diaryl/α,β-unsaturated/α-hetero) is 1. The predicted molar refractivity (Wildman–Crippen MR) is 146 cm³/mol. The zero-order chi connectivity index (χ0) is 26.8. The van der Waals surface area contributed by atoms with Gasteiger partial charge in [0, 0.05) is 17.7 Å². The van der Waals surface area contributed by atoms with Crippen LogP contribution < -0.4 is 34.3 Å². The molecule has 0 amide bonds. The Labute approximate surface area is 222 Å². The first-order chi connectivity index (χ1) is 18.5. The van der Waals surface area contributed by atoms with Crippen LogP contribution in [0, 0.1) is 0 Å². The molecule has 2 N–H and O–H groups in total. The normalized spacial score (nSPS) is 18.3. The Hall–Kier alpha value is -4.33. The van der Waals surface area contributed by atoms with Gasteiger partial charge in [0.2, 0.25) is 5.75 Å². The van der Waals surface area contributed by atoms with Gasteiger partial charge in [-0.15, -0.1) is 0 Å². The molecular weight excluding hydrogens is 484 g/mol. The quantitative estimate of drug-likeness (QED) is 0.413. The lowest BCUT2D eigenvalue weighted by Crippen LogP contribution is -2.27. The minimum absolute atomic E-state index is 0.0144. The van der Waals surface area contributed by atoms with Crippen molar-refractivity contribution in [1.29, 1.82) is 0 Å². The van der Waals surface area contributed by atoms with Crippen molar-refractivity contribution < 1.29 is 28.5 Å². The average molecular weight is 517 g/mol. The van der Waals surface area contributed by atoms with E-state index in [4.69, 9.17) is 23.7 Å². The number of benzene rings is 3. The molecule has 8 heteroatoms. The second kappa shape index (κ2) is 10.6. The molecule has 0 spiro atoms. The number of anilines is 2. The molecule has 2 aliphatic rings. The topological polar surface area (TPSA) is 87.3 Å². The highest BCUT2D eigenvalue weighted by Gasteiger charge is 2.37. The third-order valence-electron chi connectivity index (χ3n) is 7.21. The molecule has 0 radical (unpaired) electrons. The van der Waals surface area contributed by atoms with E-state index < -0.39 is 6.04 Å². The van der Waals surface area contributed by atoms with Crippen LogP contribution in [0.2, 0.25) is 0 Å². The molecule has 38 heavy (non-hydrogen) atoms. The Morgan fingerprint density at radius 1 is 0.684 bits per heavy atom. The predicted octanol–water partition coefficient (Wildman–Crippen LogP) is 5.71. The number of fused-ring (bicyclic) bond motifs is 1. The summed E-state index contributed by atoms with van der Waals surface area (Å²) in [4.78, 5) is 13.9. The van der Waals surface area contributed by atoms with Crippen molar-refractivity contribution in [2.75, 3.05) is 46.2 Å². The monoisotopic (exact) mass is 516 g/mol. The number of hydrogen-bond donors (Lipinski definition) is 2. The van der Waals surface area contributed by atoms with E-state index in [1.54, 1.807) is 35.5 Å². The van der Waals surface area contributed by atoms with E-state index in [9.17, 15) is 4.79 Å². The Kier molecular flexibility index (Phi) is 7.05. The molecule has 0 aromatic heterocycles. The van der Waals surface area contributed by atoms with Crippen LogP contribution in [0.4, 0.5) is 11.4 Å². The Morgan fingerprint density at radius 3 is 1.95 bits per heavy atom. The van der Waals surface area contributed by atoms with Gasteiger partial charge in [-0.25, -0.2) is 0 Å². The number of allylic oxidation sites excluding steroid dienone is 1. The van der Waals surface area contributed by atoms with Crippen molar-refractivity contribution in [3.05, 3.63) is 77.0 Å². The first-order valence-corrected chi connectivity index (χ1v) is 12.4. The van der Waals surface area contributed by atoms with Crippen molar-refractivity contribution in [2.24, 2.45) is 0 Å². The van der Waals surface area contributed by atoms with E-state index >= 15 is 0 Å². The summed E-state index contributed by atoms with van der Waals surface area (Å²) in [5.41, 5.74) is 5.26. The SMILES string of the molecule is COc1ccc([C@@H]2CC(=O)C3=C(C2)Nc2ccccc2N[C@@H]3c2cc(OC)c(OC)c(OC)c2)cc1OC. The van der Waals surface area contributed by atoms with Gasteiger partial charge in [-0.2, -0.15) is 0 Å². The summed E-state index contributed by atoms with van der Waals surface area (Å²) in [6, 6.07) is 17.2. The van der Waals surface area contributed by atoms with Crippen LogP contribution >= 0.6 is 0 Å². The Bertz CT molecular complexity index is 1370. The lowest BCUT2D eigenvalue weighted by molar-refractivity contribution is -0.116. The molecule has 1 aliphatic carbocycles. The third kappa shape index (κ3) is 4.47. The van der Waals surface area contributed by atoms with Gasteiger partial charge in [-0.05, 0) is 59.9 Å². The van der Waals surface area contributed by atoms with Gasteiger partial charge < -0.3 is 34.3 Å². The zero-order valence-electron chi connectivity index (χ0n) is 22.2. The van der Waals surface area contributed by atoms with Crippen LogP contribution in [0.25, 0.3) is 0 Å². The Balaban J connectivity index is 1.62. The highest BCUT2D eigenvalue weighted by atomic mass is 16.5. The number of rotatable bonds is 7. The summed E-state index contributed by atoms with van der Waals surface area (Å²) in [5.74, 6) is 2.92. The second-order valence-corrected chi connectivity index (χ2v) is 9.24. The second-order valence-electron chi connectivity index (χ2n) is 9.24. The summed E-state index contributed by atoms with van der Waals surface area (Å²) in [7, 11) is 7.97. The van der Waals surface area contributed by atoms with E-state index in [-0.39, 0.29) is 11.7 Å². The molecule has 0 unspecified atom stereocenters. The molecule has 0 fully saturated rings. The maximum Gasteiger partial charge on any atom is 0.203 e. The van der Waals surface area contributed by atoms with E-state index in [1.807, 2.05) is 54.6 Å². The molecule has 3 aromatic carbocycles. The lowest BCUT2D eigenvalue weighted by atomic mass is 9.78. The van der Waals surface area contributed by atoms with Gasteiger partial charge in [-0.1, -0.05) is 18.2 Å². The van der Waals surface area contributed by atoms with Gasteiger partial charge in [0.05, 0.1) is 53.0 Å². The summed E-state index contributed by atoms with van der Waals surface area (Å²) in [6.07, 6.45) is 1.03. The number of carbonyl (C=O) groups is 1. The van der Waals surface area contributed by atoms with Crippen molar-refractivity contribution in [3.63, 3.8) is 0 Å². The zero-order valence-corrected chi connectivity index (χ0v) is 22.2. The highest BCUT2D eigenvalue weighted by Crippen LogP contribution is 2.47. The molecule has 2 atom stereocenters. The third-order valence-corrected chi connectivity index (χ3v) is 7.21. The van der Waals surface area contributed by atoms with Crippen molar-refractivity contribution in [1.82, 2.24) is 0 Å². The standard InChI is InChI=1S/C30H32N2O6/c1-34-24-11-10-17(14-25(24)35-2)18-12-22-28(23(33)13-18)29(32-21-9-7-6-8-20(21)31-22)19-15-26(36-3)30(38-5)27(16-19)37-4/h6-11,14-16,18,29,31-32H,12-13H2,1-5H3/t18-,29+/m0/s1. The maximum atomic E-state index is 13.9. The number of ether oxygens (including phenoxy) is 5. The van der Waals surface area contributed by atoms with Crippen LogP contribution in [0.1, 0.15) is 35.9 Å². The number of methoxy groups -OCH3 is 5. The number of nitrogens with one attached hydrogen (secondary N) is 2. The minimum atomic E-state index is -0.422. The van der Waals surface area contributed by atoms with Crippen LogP contribution in [0.15, 0.2) is 65.9 Å². The highest BCUT2D eigenvalue weighted by molar-refractivity contribution is 6.01. The summed E-state index contributed by atoms with van der Waals surface area (Å²) >= 11 is 0. The summed E-state index contributed by atoms with van der Waals surface area (Å²) < 4.78 is 27.7. The molecule has 0 saturated carbocycles. The smallest absolute Gasteiger partial charge is 0.203 e. The molecule has 1 aliphatic heterocycles. The largest absolute Gasteiger partial charge is 0.493 e. The summed E-state index contributed by atoms with van der Waals surface area (Å²) in [5, 5.41) is 7.18. The van der Waals surface area contributed by atoms with Crippen molar-refractivity contribution in [3.8, 4) is 28.7 Å². The van der Waals surface area contributed by atoms with E-state index in [0.29, 0.717) is 47.2 Å². The van der Waals surface area contributed by atoms with Crippen LogP contribution in [0.5, 0.6) is 28.7 Å². The molecule has 3 aromatic rings. The first kappa shape index (κ1) is 25.3. The molecule has 0 saturated heterocycles. The first-order valence-electron chi connectivity index (χ1n) is 12.4. The van der Waals surface area contributed by atoms with Crippen LogP contribution in [-0.4, -0.2) is 41.3 Å². The fourth-order valence-electron chi connectivity index (χ4n) is 5.35. The number of hydrogen-bond acceptors (Lipinski definition) is 8. The van der Waals surface area contributed by atoms with E-state index in [1.165, 1.54) is 0 Å². The van der Waals surface area contributed by atoms with Crippen molar-refractivity contribution in [2.45, 2.75) is 24.8 Å². The molecular formula is C30H32N2O6. The molecule has 5 rings (SSSR count). The van der Waals surface area contributed by atoms with E-state index in [0.717, 1.165) is 28.2 Å². The van der Waals surface area contributed by atoms with Gasteiger partial charge in [-0.3, -0.25) is 4.79 Å². The van der Waals surface area contributed by atoms with Gasteiger partial charge in [0.25, 0.3) is 0 Å². The molecule has 1 heterocycles. The number of carbonyl (C=O) groups excluding carboxylic acids is 1. The summed E-state index contributed by atoms with van der Waals surface area (Å²) in [6.45, 7) is 0. The van der Waals surface area contributed by atoms with Gasteiger partial charge in [0.1, 0.15) is 0 Å². The van der Waals surface area contributed by atoms with Crippen molar-refractivity contribution >= 4 is 17.2 Å². The lowest BCUT2D eigenvalue weighted by Gasteiger charge is -2.30. The fourth-order valence-corrected chi connectivity index (χ4v) is 5.35. The Morgan fingerprint density at radius 2 is 1.32 bits per heavy atom. The average Bonchev–Trinajstić information content (AvgIpc) is 3.12. The minimum Gasteiger partial charge on any atom is -0.493 e. The van der Waals surface area contributed by atoms with Gasteiger partial charge in [0.15, 0.2) is 28.8 Å². The molecule has 198 valence electrons. The van der Waals surface area contributed by atoms with Gasteiger partial charge >= 0.3 is 0 Å². The number of ketones is 1. The van der Waals surface area contributed by atoms with E-state index in [2.05, 4.69) is 10.6 Å². The van der Waals surface area contributed by atoms with Crippen LogP contribution in [0.3, 0.4) is 0 Å². The number of para-hydroxylation sites is 2. The molecule has 8 nitrogen and oxygen atoms in total. The van der Waals surface area contributed by atoms with Crippen LogP contribution in [-0.2, 0) is 4.79 Å². The maximum absolute atomic E-state index is 13.9.